The van der Waals surface area contributed by atoms with Crippen LogP contribution in [0.5, 0.6) is 0 Å². The van der Waals surface area contributed by atoms with Crippen LogP contribution >= 0.6 is 0 Å². The fraction of sp³-hybridized carbons (Fsp3) is 0.711. The lowest BCUT2D eigenvalue weighted by Gasteiger charge is -2.51. The molecule has 0 fully saturated rings. The van der Waals surface area contributed by atoms with Gasteiger partial charge < -0.3 is 32.9 Å². The van der Waals surface area contributed by atoms with Crippen LogP contribution in [0.15, 0.2) is 48.5 Å². The van der Waals surface area contributed by atoms with E-state index in [0.717, 1.165) is 11.1 Å². The number of ether oxygens (including phenoxy) is 1. The number of hydrogen-bond donors (Lipinski definition) is 2. The molecule has 57 heavy (non-hydrogen) atoms. The second-order valence-corrected chi connectivity index (χ2v) is 41.4. The number of carbonyl (C=O) groups excluding carboxylic acids is 1. The molecule has 0 radical (unpaired) electrons. The lowest BCUT2D eigenvalue weighted by atomic mass is 9.98. The average Bonchev–Trinajstić information content (AvgIpc) is 3.37. The largest absolute Gasteiger partial charge is 0.449 e. The third-order valence-electron chi connectivity index (χ3n) is 14.0. The Bertz CT molecular complexity index is 1600. The van der Waals surface area contributed by atoms with E-state index in [2.05, 4.69) is 177 Å². The monoisotopic (exact) mass is 860 g/mol. The van der Waals surface area contributed by atoms with E-state index in [0.29, 0.717) is 0 Å². The molecule has 324 valence electrons. The highest BCUT2D eigenvalue weighted by atomic mass is 28.4. The van der Waals surface area contributed by atoms with Gasteiger partial charge >= 0.3 is 6.09 Å². The summed E-state index contributed by atoms with van der Waals surface area (Å²) in [6.45, 7) is 44.6. The Labute approximate surface area is 352 Å². The average molecular weight is 860 g/mol. The van der Waals surface area contributed by atoms with Crippen LogP contribution in [0.4, 0.5) is 4.79 Å². The van der Waals surface area contributed by atoms with Crippen molar-refractivity contribution in [2.45, 2.75) is 186 Å². The highest BCUT2D eigenvalue weighted by Gasteiger charge is 2.53. The Morgan fingerprint density at radius 1 is 0.579 bits per heavy atom. The smallest absolute Gasteiger partial charge is 0.407 e. The van der Waals surface area contributed by atoms with Gasteiger partial charge in [-0.3, -0.25) is 0 Å². The summed E-state index contributed by atoms with van der Waals surface area (Å²) in [5.41, 5.74) is 4.69. The van der Waals surface area contributed by atoms with Crippen molar-refractivity contribution in [1.82, 2.24) is 5.32 Å². The number of carbonyl (C=O) groups is 1. The first-order valence-electron chi connectivity index (χ1n) is 21.1. The molecule has 12 heteroatoms. The highest BCUT2D eigenvalue weighted by Crippen LogP contribution is 2.46. The van der Waals surface area contributed by atoms with Crippen molar-refractivity contribution in [3.63, 3.8) is 0 Å². The maximum absolute atomic E-state index is 13.9. The molecule has 4 atom stereocenters. The minimum Gasteiger partial charge on any atom is -0.449 e. The Kier molecular flexibility index (Phi) is 15.5. The zero-order valence-corrected chi connectivity index (χ0v) is 43.5. The van der Waals surface area contributed by atoms with E-state index in [4.69, 9.17) is 22.4 Å². The van der Waals surface area contributed by atoms with Crippen molar-refractivity contribution in [1.29, 1.82) is 0 Å². The van der Waals surface area contributed by atoms with Gasteiger partial charge in [-0.05, 0) is 94.8 Å². The number of fused-ring (bicyclic) bond motifs is 3. The summed E-state index contributed by atoms with van der Waals surface area (Å²) >= 11 is 0. The van der Waals surface area contributed by atoms with Crippen molar-refractivity contribution in [3.05, 3.63) is 59.7 Å². The zero-order valence-electron chi connectivity index (χ0n) is 39.5. The number of aliphatic hydroxyl groups is 1. The van der Waals surface area contributed by atoms with Crippen LogP contribution in [0, 0.1) is 0 Å². The van der Waals surface area contributed by atoms with Gasteiger partial charge in [0.15, 0.2) is 33.3 Å². The molecule has 1 aliphatic carbocycles. The highest BCUT2D eigenvalue weighted by molar-refractivity contribution is 6.75. The second kappa shape index (κ2) is 17.8. The van der Waals surface area contributed by atoms with E-state index in [9.17, 15) is 9.90 Å². The molecule has 2 aromatic carbocycles. The molecule has 0 aromatic heterocycles. The first-order valence-corrected chi connectivity index (χ1v) is 32.7. The maximum atomic E-state index is 13.9. The van der Waals surface area contributed by atoms with Crippen LogP contribution in [0.1, 0.15) is 100 Å². The van der Waals surface area contributed by atoms with Crippen molar-refractivity contribution >= 4 is 39.4 Å². The van der Waals surface area contributed by atoms with E-state index < -0.39 is 63.8 Å². The fourth-order valence-corrected chi connectivity index (χ4v) is 11.4. The lowest BCUT2D eigenvalue weighted by molar-refractivity contribution is -0.0937. The minimum atomic E-state index is -2.55. The van der Waals surface area contributed by atoms with E-state index >= 15 is 0 Å². The molecule has 8 nitrogen and oxygen atoms in total. The molecular weight excluding hydrogens is 779 g/mol. The van der Waals surface area contributed by atoms with Gasteiger partial charge in [-0.15, -0.1) is 0 Å². The van der Waals surface area contributed by atoms with Crippen LogP contribution < -0.4 is 5.32 Å². The van der Waals surface area contributed by atoms with Gasteiger partial charge in [0, 0.05) is 12.5 Å². The number of alkyl carbamates (subject to hydrolysis) is 1. The molecule has 1 amide bonds. The van der Waals surface area contributed by atoms with Gasteiger partial charge in [-0.2, -0.15) is 0 Å². The predicted octanol–water partition coefficient (Wildman–Crippen LogP) is 12.1. The topological polar surface area (TPSA) is 95.5 Å². The van der Waals surface area contributed by atoms with Crippen LogP contribution in [-0.2, 0) is 22.4 Å². The molecule has 2 aromatic rings. The molecule has 0 saturated heterocycles. The Morgan fingerprint density at radius 2 is 0.912 bits per heavy atom. The van der Waals surface area contributed by atoms with Crippen molar-refractivity contribution in [2.75, 3.05) is 19.8 Å². The van der Waals surface area contributed by atoms with Crippen molar-refractivity contribution in [2.24, 2.45) is 0 Å². The number of aliphatic hydroxyl groups excluding tert-OH is 1. The predicted molar refractivity (Wildman–Crippen MR) is 248 cm³/mol. The van der Waals surface area contributed by atoms with E-state index in [1.54, 1.807) is 0 Å². The standard InChI is InChI=1S/C45H81NO7Si4/c1-42(2,3)54(13,14)50-37(29-46-41(48)49-31-36-34-27-23-21-25-32(34)33-26-22-24-28-35(33)36)39(52-56(17,18)44(7,8)9)40(53-57(19,20)45(10,11)12)38(30-47)51-55(15,16)43(4,5)6/h21-28,36-40,47H,29-31H2,1-20H3,(H,46,48). The molecule has 0 bridgehead atoms. The van der Waals surface area contributed by atoms with Crippen LogP contribution in [0.25, 0.3) is 11.1 Å². The zero-order chi connectivity index (χ0) is 43.8. The normalized spacial score (nSPS) is 17.1. The van der Waals surface area contributed by atoms with Gasteiger partial charge in [0.2, 0.25) is 0 Å². The molecule has 0 aliphatic heterocycles. The Morgan fingerprint density at radius 3 is 1.28 bits per heavy atom. The summed E-state index contributed by atoms with van der Waals surface area (Å²) in [4.78, 5) is 13.9. The summed E-state index contributed by atoms with van der Waals surface area (Å²) in [6.07, 6.45) is -3.19. The van der Waals surface area contributed by atoms with Crippen LogP contribution in [-0.4, -0.2) is 88.6 Å². The van der Waals surface area contributed by atoms with Gasteiger partial charge in [-0.1, -0.05) is 132 Å². The maximum Gasteiger partial charge on any atom is 0.407 e. The molecule has 3 rings (SSSR count). The van der Waals surface area contributed by atoms with E-state index in [1.807, 2.05) is 12.1 Å². The third-order valence-corrected chi connectivity index (χ3v) is 32.0. The number of nitrogens with one attached hydrogen (secondary N) is 1. The minimum absolute atomic E-state index is 0.0581. The van der Waals surface area contributed by atoms with Gasteiger partial charge in [0.25, 0.3) is 0 Å². The number of rotatable bonds is 16. The van der Waals surface area contributed by atoms with Crippen LogP contribution in [0.2, 0.25) is 72.5 Å². The molecule has 0 saturated carbocycles. The molecular formula is C45H81NO7Si4. The number of benzene rings is 2. The van der Waals surface area contributed by atoms with Gasteiger partial charge in [0.05, 0.1) is 31.0 Å². The molecule has 0 spiro atoms. The summed E-state index contributed by atoms with van der Waals surface area (Å²) in [5.74, 6) is -0.0581. The van der Waals surface area contributed by atoms with Crippen molar-refractivity contribution < 1.29 is 32.3 Å². The first-order chi connectivity index (χ1) is 25.7. The Balaban J connectivity index is 2.15. The first kappa shape index (κ1) is 49.7. The quantitative estimate of drug-likeness (QED) is 0.162. The molecule has 4 unspecified atom stereocenters. The van der Waals surface area contributed by atoms with Gasteiger partial charge in [0.1, 0.15) is 6.61 Å². The van der Waals surface area contributed by atoms with E-state index in [1.165, 1.54) is 11.1 Å². The van der Waals surface area contributed by atoms with Gasteiger partial charge in [-0.25, -0.2) is 4.79 Å². The third kappa shape index (κ3) is 11.8. The summed E-state index contributed by atoms with van der Waals surface area (Å²) in [6, 6.07) is 16.7. The summed E-state index contributed by atoms with van der Waals surface area (Å²) in [7, 11) is -9.99. The second-order valence-electron chi connectivity index (χ2n) is 22.4. The van der Waals surface area contributed by atoms with Crippen LogP contribution in [0.3, 0.4) is 0 Å². The number of hydrogen-bond acceptors (Lipinski definition) is 7. The van der Waals surface area contributed by atoms with E-state index in [-0.39, 0.29) is 45.8 Å². The fourth-order valence-electron chi connectivity index (χ4n) is 6.12. The summed E-state index contributed by atoms with van der Waals surface area (Å²) in [5, 5.41) is 14.0. The molecule has 1 aliphatic rings. The number of amides is 1. The summed E-state index contributed by atoms with van der Waals surface area (Å²) < 4.78 is 35.6. The van der Waals surface area contributed by atoms with Crippen molar-refractivity contribution in [3.8, 4) is 11.1 Å². The Hall–Kier alpha value is -1.62. The SMILES string of the molecule is CC(C)(C)[Si](C)(C)OC(CO)C(O[Si](C)(C)C(C)(C)C)C(O[Si](C)(C)C(C)(C)C)C(CNC(=O)OCC1c2ccccc2-c2ccccc21)O[Si](C)(C)C(C)(C)C. The molecule has 0 heterocycles. The lowest BCUT2D eigenvalue weighted by Crippen LogP contribution is -2.64. The molecule has 2 N–H and O–H groups in total.